The number of pyridine rings is 1. The largest absolute Gasteiger partial charge is 0.494 e. The molecule has 4 aromatic rings. The molecule has 0 spiro atoms. The van der Waals surface area contributed by atoms with E-state index < -0.39 is 6.04 Å². The number of tetrazole rings is 1. The van der Waals surface area contributed by atoms with Gasteiger partial charge in [0.15, 0.2) is 5.82 Å². The second-order valence-electron chi connectivity index (χ2n) is 9.63. The lowest BCUT2D eigenvalue weighted by Gasteiger charge is -2.40. The summed E-state index contributed by atoms with van der Waals surface area (Å²) in [5.74, 6) is 1.40. The summed E-state index contributed by atoms with van der Waals surface area (Å²) in [5, 5.41) is 13.5. The first kappa shape index (κ1) is 25.9. The summed E-state index contributed by atoms with van der Waals surface area (Å²) in [4.78, 5) is 21.3. The van der Waals surface area contributed by atoms with Crippen LogP contribution in [0.2, 0.25) is 0 Å². The molecule has 1 N–H and O–H groups in total. The molecule has 0 radical (unpaired) electrons. The van der Waals surface area contributed by atoms with Crippen LogP contribution in [0.4, 0.5) is 5.69 Å². The Kier molecular flexibility index (Phi) is 7.71. The standard InChI is InChI=1S/C28H35N7O3/c1-5-38-22-9-10-24-21(17-22)18-23(28(36)29-24)26(27-30-31-32-35(27)15-16-37-4)34-13-11-33(12-14-34)25-8-6-7-19(2)20(25)3/h6-10,17-18,26H,5,11-16H2,1-4H3,(H,29,36). The van der Waals surface area contributed by atoms with Gasteiger partial charge >= 0.3 is 0 Å². The maximum Gasteiger partial charge on any atom is 0.253 e. The Morgan fingerprint density at radius 2 is 1.89 bits per heavy atom. The zero-order valence-electron chi connectivity index (χ0n) is 22.5. The van der Waals surface area contributed by atoms with Crippen LogP contribution in [0.15, 0.2) is 47.3 Å². The fourth-order valence-corrected chi connectivity index (χ4v) is 5.20. The van der Waals surface area contributed by atoms with Crippen molar-refractivity contribution >= 4 is 16.6 Å². The summed E-state index contributed by atoms with van der Waals surface area (Å²) in [7, 11) is 1.65. The minimum absolute atomic E-state index is 0.148. The van der Waals surface area contributed by atoms with E-state index in [-0.39, 0.29) is 5.56 Å². The van der Waals surface area contributed by atoms with Crippen LogP contribution >= 0.6 is 0 Å². The number of nitrogens with zero attached hydrogens (tertiary/aromatic N) is 6. The third-order valence-electron chi connectivity index (χ3n) is 7.36. The highest BCUT2D eigenvalue weighted by Crippen LogP contribution is 2.31. The average Bonchev–Trinajstić information content (AvgIpc) is 3.38. The van der Waals surface area contributed by atoms with Crippen molar-refractivity contribution < 1.29 is 9.47 Å². The van der Waals surface area contributed by atoms with Crippen molar-refractivity contribution in [3.8, 4) is 5.75 Å². The monoisotopic (exact) mass is 517 g/mol. The molecule has 1 atom stereocenters. The van der Waals surface area contributed by atoms with E-state index in [1.54, 1.807) is 11.8 Å². The summed E-state index contributed by atoms with van der Waals surface area (Å²) in [6.07, 6.45) is 0. The van der Waals surface area contributed by atoms with Gasteiger partial charge < -0.3 is 19.4 Å². The molecule has 0 bridgehead atoms. The van der Waals surface area contributed by atoms with Crippen LogP contribution in [0.3, 0.4) is 0 Å². The summed E-state index contributed by atoms with van der Waals surface area (Å²) >= 11 is 0. The van der Waals surface area contributed by atoms with Gasteiger partial charge in [-0.05, 0) is 72.7 Å². The van der Waals surface area contributed by atoms with Gasteiger partial charge in [-0.2, -0.15) is 0 Å². The van der Waals surface area contributed by atoms with E-state index in [1.807, 2.05) is 31.2 Å². The second-order valence-corrected chi connectivity index (χ2v) is 9.63. The van der Waals surface area contributed by atoms with Crippen molar-refractivity contribution in [1.82, 2.24) is 30.1 Å². The van der Waals surface area contributed by atoms with Gasteiger partial charge in [0, 0.05) is 55.4 Å². The van der Waals surface area contributed by atoms with E-state index in [2.05, 4.69) is 62.4 Å². The number of rotatable bonds is 9. The van der Waals surface area contributed by atoms with Gasteiger partial charge in [-0.25, -0.2) is 4.68 Å². The highest BCUT2D eigenvalue weighted by atomic mass is 16.5. The van der Waals surface area contributed by atoms with Crippen LogP contribution in [-0.4, -0.2) is 76.6 Å². The molecule has 2 aromatic carbocycles. The number of nitrogens with one attached hydrogen (secondary N) is 1. The van der Waals surface area contributed by atoms with Gasteiger partial charge in [0.1, 0.15) is 11.8 Å². The van der Waals surface area contributed by atoms with Crippen molar-refractivity contribution in [2.24, 2.45) is 0 Å². The normalized spacial score (nSPS) is 15.2. The van der Waals surface area contributed by atoms with Crippen LogP contribution in [0.25, 0.3) is 10.9 Å². The molecule has 38 heavy (non-hydrogen) atoms. The Labute approximate surface area is 222 Å². The van der Waals surface area contributed by atoms with E-state index in [0.717, 1.165) is 42.8 Å². The van der Waals surface area contributed by atoms with Crippen LogP contribution in [0, 0.1) is 13.8 Å². The number of fused-ring (bicyclic) bond motifs is 1. The fourth-order valence-electron chi connectivity index (χ4n) is 5.20. The molecule has 0 aliphatic carbocycles. The summed E-state index contributed by atoms with van der Waals surface area (Å²) < 4.78 is 12.7. The number of methoxy groups -OCH3 is 1. The van der Waals surface area contributed by atoms with E-state index in [4.69, 9.17) is 9.47 Å². The molecular formula is C28H35N7O3. The summed E-state index contributed by atoms with van der Waals surface area (Å²) in [5.41, 5.74) is 5.08. The van der Waals surface area contributed by atoms with Crippen LogP contribution in [0.1, 0.15) is 35.5 Å². The number of benzene rings is 2. The van der Waals surface area contributed by atoms with Crippen molar-refractivity contribution in [1.29, 1.82) is 0 Å². The van der Waals surface area contributed by atoms with Gasteiger partial charge in [-0.3, -0.25) is 9.69 Å². The number of piperazine rings is 1. The molecule has 10 nitrogen and oxygen atoms in total. The first-order valence-electron chi connectivity index (χ1n) is 13.1. The SMILES string of the molecule is CCOc1ccc2[nH]c(=O)c(C(c3nnnn3CCOC)N3CCN(c4cccc(C)c4C)CC3)cc2c1. The molecule has 1 fully saturated rings. The minimum atomic E-state index is -0.411. The number of hydrogen-bond donors (Lipinski definition) is 1. The first-order chi connectivity index (χ1) is 18.5. The lowest BCUT2D eigenvalue weighted by Crippen LogP contribution is -2.49. The van der Waals surface area contributed by atoms with Crippen molar-refractivity contribution in [3.63, 3.8) is 0 Å². The first-order valence-corrected chi connectivity index (χ1v) is 13.1. The third kappa shape index (κ3) is 5.14. The third-order valence-corrected chi connectivity index (χ3v) is 7.36. The van der Waals surface area contributed by atoms with E-state index >= 15 is 0 Å². The van der Waals surface area contributed by atoms with E-state index in [9.17, 15) is 4.79 Å². The smallest absolute Gasteiger partial charge is 0.253 e. The Morgan fingerprint density at radius 3 is 2.66 bits per heavy atom. The van der Waals surface area contributed by atoms with Crippen LogP contribution in [-0.2, 0) is 11.3 Å². The number of anilines is 1. The van der Waals surface area contributed by atoms with E-state index in [1.165, 1.54) is 16.8 Å². The summed E-state index contributed by atoms with van der Waals surface area (Å²) in [6, 6.07) is 13.7. The van der Waals surface area contributed by atoms with Crippen molar-refractivity contribution in [2.45, 2.75) is 33.4 Å². The van der Waals surface area contributed by atoms with Gasteiger partial charge in [0.2, 0.25) is 0 Å². The second kappa shape index (κ2) is 11.3. The number of aryl methyl sites for hydroxylation is 1. The topological polar surface area (TPSA) is 101 Å². The van der Waals surface area contributed by atoms with Gasteiger partial charge in [-0.15, -0.1) is 5.10 Å². The predicted octanol–water partition coefficient (Wildman–Crippen LogP) is 3.09. The molecule has 1 aliphatic heterocycles. The quantitative estimate of drug-likeness (QED) is 0.362. The van der Waals surface area contributed by atoms with Crippen LogP contribution in [0.5, 0.6) is 5.75 Å². The Balaban J connectivity index is 1.52. The number of aromatic nitrogens is 5. The van der Waals surface area contributed by atoms with E-state index in [0.29, 0.717) is 31.1 Å². The van der Waals surface area contributed by atoms with Gasteiger partial charge in [-0.1, -0.05) is 12.1 Å². The fraction of sp³-hybridized carbons (Fsp3) is 0.429. The molecule has 200 valence electrons. The molecule has 3 heterocycles. The highest BCUT2D eigenvalue weighted by molar-refractivity contribution is 5.80. The molecule has 0 saturated carbocycles. The molecular weight excluding hydrogens is 482 g/mol. The maximum absolute atomic E-state index is 13.5. The Bertz CT molecular complexity index is 1460. The molecule has 10 heteroatoms. The lowest BCUT2D eigenvalue weighted by atomic mass is 10.0. The highest BCUT2D eigenvalue weighted by Gasteiger charge is 2.33. The molecule has 5 rings (SSSR count). The zero-order valence-corrected chi connectivity index (χ0v) is 22.5. The van der Waals surface area contributed by atoms with Crippen LogP contribution < -0.4 is 15.2 Å². The molecule has 0 amide bonds. The van der Waals surface area contributed by atoms with Gasteiger partial charge in [0.25, 0.3) is 5.56 Å². The predicted molar refractivity (Wildman–Crippen MR) is 147 cm³/mol. The van der Waals surface area contributed by atoms with Crippen molar-refractivity contribution in [2.75, 3.05) is 51.4 Å². The zero-order chi connectivity index (χ0) is 26.6. The average molecular weight is 518 g/mol. The van der Waals surface area contributed by atoms with Gasteiger partial charge in [0.05, 0.1) is 19.8 Å². The van der Waals surface area contributed by atoms with Crippen molar-refractivity contribution in [3.05, 3.63) is 75.3 Å². The molecule has 1 aliphatic rings. The summed E-state index contributed by atoms with van der Waals surface area (Å²) in [6.45, 7) is 11.0. The number of hydrogen-bond acceptors (Lipinski definition) is 8. The maximum atomic E-state index is 13.5. The number of ether oxygens (including phenoxy) is 2. The molecule has 2 aromatic heterocycles. The Hall–Kier alpha value is -3.76. The lowest BCUT2D eigenvalue weighted by molar-refractivity contribution is 0.171. The number of H-pyrrole nitrogens is 1. The molecule has 1 saturated heterocycles. The molecule has 1 unspecified atom stereocenters. The number of aromatic amines is 1. The minimum Gasteiger partial charge on any atom is -0.494 e. The Morgan fingerprint density at radius 1 is 1.08 bits per heavy atom.